The summed E-state index contributed by atoms with van der Waals surface area (Å²) in [5.41, 5.74) is 7.50. The Bertz CT molecular complexity index is 364. The smallest absolute Gasteiger partial charge is 0.0380 e. The van der Waals surface area contributed by atoms with Crippen molar-refractivity contribution >= 4 is 0 Å². The van der Waals surface area contributed by atoms with Crippen LogP contribution in [0, 0.1) is 0 Å². The number of nitrogens with two attached hydrogens (primary N) is 1. The summed E-state index contributed by atoms with van der Waals surface area (Å²) in [5.74, 6) is 0. The maximum absolute atomic E-state index is 6.27. The summed E-state index contributed by atoms with van der Waals surface area (Å²) in [6.45, 7) is 0. The molecule has 0 saturated carbocycles. The molecule has 1 atom stereocenters. The number of hydrogen-bond donors (Lipinski definition) is 1. The van der Waals surface area contributed by atoms with Crippen molar-refractivity contribution in [3.05, 3.63) is 60.2 Å². The number of aryl methyl sites for hydroxylation is 1. The third-order valence-electron chi connectivity index (χ3n) is 2.90. The molecule has 0 spiro atoms. The Labute approximate surface area is 91.3 Å². The Morgan fingerprint density at radius 2 is 1.93 bits per heavy atom. The van der Waals surface area contributed by atoms with Gasteiger partial charge in [-0.25, -0.2) is 0 Å². The average molecular weight is 199 g/mol. The van der Waals surface area contributed by atoms with Crippen LogP contribution in [-0.2, 0) is 6.42 Å². The Kier molecular flexibility index (Phi) is 3.02. The Hall–Kier alpha value is -1.34. The second-order valence-electron chi connectivity index (χ2n) is 4.21. The lowest BCUT2D eigenvalue weighted by atomic mass is 9.86. The van der Waals surface area contributed by atoms with Crippen molar-refractivity contribution < 1.29 is 0 Å². The molecule has 1 aliphatic carbocycles. The maximum Gasteiger partial charge on any atom is 0.0380 e. The van der Waals surface area contributed by atoms with Crippen molar-refractivity contribution in [1.82, 2.24) is 0 Å². The van der Waals surface area contributed by atoms with Crippen LogP contribution in [0.15, 0.2) is 54.6 Å². The van der Waals surface area contributed by atoms with E-state index in [0.717, 1.165) is 19.3 Å². The first-order valence-electron chi connectivity index (χ1n) is 5.46. The average Bonchev–Trinajstić information content (AvgIpc) is 2.29. The van der Waals surface area contributed by atoms with Gasteiger partial charge in [0, 0.05) is 5.54 Å². The normalized spacial score (nSPS) is 24.3. The molecule has 1 heteroatoms. The molecule has 2 N–H and O–H groups in total. The highest BCUT2D eigenvalue weighted by Crippen LogP contribution is 2.20. The van der Waals surface area contributed by atoms with Gasteiger partial charge in [0.1, 0.15) is 0 Å². The molecule has 0 radical (unpaired) electrons. The van der Waals surface area contributed by atoms with Crippen molar-refractivity contribution in [2.75, 3.05) is 0 Å². The third kappa shape index (κ3) is 2.80. The topological polar surface area (TPSA) is 26.0 Å². The van der Waals surface area contributed by atoms with E-state index in [-0.39, 0.29) is 5.54 Å². The Morgan fingerprint density at radius 1 is 1.13 bits per heavy atom. The molecule has 1 aromatic carbocycles. The summed E-state index contributed by atoms with van der Waals surface area (Å²) in [5, 5.41) is 0. The molecule has 0 saturated heterocycles. The highest BCUT2D eigenvalue weighted by atomic mass is 14.7. The van der Waals surface area contributed by atoms with Crippen LogP contribution in [0.25, 0.3) is 0 Å². The van der Waals surface area contributed by atoms with Gasteiger partial charge in [-0.1, -0.05) is 54.6 Å². The van der Waals surface area contributed by atoms with E-state index in [1.54, 1.807) is 0 Å². The molecule has 1 aliphatic rings. The highest BCUT2D eigenvalue weighted by molar-refractivity contribution is 5.22. The molecule has 0 aromatic heterocycles. The van der Waals surface area contributed by atoms with Crippen LogP contribution in [0.4, 0.5) is 0 Å². The SMILES string of the molecule is NC1(CCc2ccccc2)C=CC=CC1. The minimum absolute atomic E-state index is 0.134. The number of hydrogen-bond acceptors (Lipinski definition) is 1. The third-order valence-corrected chi connectivity index (χ3v) is 2.90. The fourth-order valence-electron chi connectivity index (χ4n) is 1.89. The van der Waals surface area contributed by atoms with Crippen LogP contribution < -0.4 is 5.73 Å². The van der Waals surface area contributed by atoms with Crippen LogP contribution >= 0.6 is 0 Å². The fourth-order valence-corrected chi connectivity index (χ4v) is 1.89. The van der Waals surface area contributed by atoms with Crippen molar-refractivity contribution in [3.63, 3.8) is 0 Å². The van der Waals surface area contributed by atoms with Gasteiger partial charge in [0.25, 0.3) is 0 Å². The quantitative estimate of drug-likeness (QED) is 0.796. The summed E-state index contributed by atoms with van der Waals surface area (Å²) in [6, 6.07) is 10.5. The van der Waals surface area contributed by atoms with Gasteiger partial charge in [-0.05, 0) is 24.8 Å². The number of benzene rings is 1. The first kappa shape index (κ1) is 10.2. The molecule has 78 valence electrons. The number of allylic oxidation sites excluding steroid dienone is 2. The monoisotopic (exact) mass is 199 g/mol. The maximum atomic E-state index is 6.27. The van der Waals surface area contributed by atoms with Gasteiger partial charge in [-0.15, -0.1) is 0 Å². The van der Waals surface area contributed by atoms with Crippen LogP contribution in [0.5, 0.6) is 0 Å². The van der Waals surface area contributed by atoms with Gasteiger partial charge in [0.05, 0.1) is 0 Å². The zero-order valence-electron chi connectivity index (χ0n) is 8.89. The van der Waals surface area contributed by atoms with Gasteiger partial charge in [-0.2, -0.15) is 0 Å². The van der Waals surface area contributed by atoms with Crippen molar-refractivity contribution in [3.8, 4) is 0 Å². The van der Waals surface area contributed by atoms with E-state index in [1.807, 2.05) is 6.07 Å². The molecule has 0 fully saturated rings. The van der Waals surface area contributed by atoms with Crippen molar-refractivity contribution in [2.24, 2.45) is 5.73 Å². The second-order valence-corrected chi connectivity index (χ2v) is 4.21. The minimum Gasteiger partial charge on any atom is -0.322 e. The minimum atomic E-state index is -0.134. The zero-order chi connectivity index (χ0) is 10.6. The molecule has 0 amide bonds. The summed E-state index contributed by atoms with van der Waals surface area (Å²) in [6.07, 6.45) is 11.4. The Morgan fingerprint density at radius 3 is 2.60 bits per heavy atom. The van der Waals surface area contributed by atoms with E-state index < -0.39 is 0 Å². The molecule has 15 heavy (non-hydrogen) atoms. The first-order valence-corrected chi connectivity index (χ1v) is 5.46. The van der Waals surface area contributed by atoms with Gasteiger partial charge < -0.3 is 5.73 Å². The molecular weight excluding hydrogens is 182 g/mol. The van der Waals surface area contributed by atoms with E-state index in [0.29, 0.717) is 0 Å². The van der Waals surface area contributed by atoms with Gasteiger partial charge in [0.2, 0.25) is 0 Å². The summed E-state index contributed by atoms with van der Waals surface area (Å²) >= 11 is 0. The molecule has 0 aliphatic heterocycles. The number of rotatable bonds is 3. The van der Waals surface area contributed by atoms with Gasteiger partial charge >= 0.3 is 0 Å². The largest absolute Gasteiger partial charge is 0.322 e. The molecule has 1 nitrogen and oxygen atoms in total. The second kappa shape index (κ2) is 4.45. The summed E-state index contributed by atoms with van der Waals surface area (Å²) < 4.78 is 0. The van der Waals surface area contributed by atoms with Crippen LogP contribution in [0.1, 0.15) is 18.4 Å². The van der Waals surface area contributed by atoms with Crippen molar-refractivity contribution in [1.29, 1.82) is 0 Å². The molecular formula is C14H17N. The van der Waals surface area contributed by atoms with E-state index in [9.17, 15) is 0 Å². The van der Waals surface area contributed by atoms with Crippen molar-refractivity contribution in [2.45, 2.75) is 24.8 Å². The fraction of sp³-hybridized carbons (Fsp3) is 0.286. The lowest BCUT2D eigenvalue weighted by Crippen LogP contribution is -2.38. The standard InChI is InChI=1S/C14H17N/c15-14(10-5-2-6-11-14)12-9-13-7-3-1-4-8-13/h1-8,10H,9,11-12,15H2. The van der Waals surface area contributed by atoms with E-state index in [4.69, 9.17) is 5.73 Å². The van der Waals surface area contributed by atoms with Crippen LogP contribution in [0.3, 0.4) is 0 Å². The predicted octanol–water partition coefficient (Wildman–Crippen LogP) is 2.83. The van der Waals surface area contributed by atoms with E-state index >= 15 is 0 Å². The molecule has 0 heterocycles. The van der Waals surface area contributed by atoms with Crippen LogP contribution in [-0.4, -0.2) is 5.54 Å². The summed E-state index contributed by atoms with van der Waals surface area (Å²) in [7, 11) is 0. The zero-order valence-corrected chi connectivity index (χ0v) is 8.89. The van der Waals surface area contributed by atoms with Gasteiger partial charge in [-0.3, -0.25) is 0 Å². The molecule has 1 aromatic rings. The lowest BCUT2D eigenvalue weighted by molar-refractivity contribution is 0.488. The molecule has 0 bridgehead atoms. The summed E-state index contributed by atoms with van der Waals surface area (Å²) in [4.78, 5) is 0. The predicted molar refractivity (Wildman–Crippen MR) is 64.6 cm³/mol. The first-order chi connectivity index (χ1) is 7.29. The molecule has 2 rings (SSSR count). The van der Waals surface area contributed by atoms with E-state index in [1.165, 1.54) is 5.56 Å². The lowest BCUT2D eigenvalue weighted by Gasteiger charge is -2.26. The van der Waals surface area contributed by atoms with E-state index in [2.05, 4.69) is 48.6 Å². The van der Waals surface area contributed by atoms with Gasteiger partial charge in [0.15, 0.2) is 0 Å². The highest BCUT2D eigenvalue weighted by Gasteiger charge is 2.20. The Balaban J connectivity index is 1.93. The van der Waals surface area contributed by atoms with Crippen LogP contribution in [0.2, 0.25) is 0 Å². The molecule has 1 unspecified atom stereocenters.